The van der Waals surface area contributed by atoms with Gasteiger partial charge in [-0.05, 0) is 25.2 Å². The fourth-order valence-electron chi connectivity index (χ4n) is 3.54. The zero-order valence-corrected chi connectivity index (χ0v) is 11.8. The molecule has 0 spiro atoms. The van der Waals surface area contributed by atoms with E-state index in [2.05, 4.69) is 17.1 Å². The number of fused-ring (bicyclic) bond motifs is 1. The molecule has 1 saturated carbocycles. The lowest BCUT2D eigenvalue weighted by atomic mass is 10.00. The van der Waals surface area contributed by atoms with Crippen molar-refractivity contribution < 1.29 is 9.90 Å². The molecule has 20 heavy (non-hydrogen) atoms. The van der Waals surface area contributed by atoms with Crippen molar-refractivity contribution in [2.24, 2.45) is 11.8 Å². The third kappa shape index (κ3) is 2.08. The normalized spacial score (nSPS) is 28.9. The first-order valence-corrected chi connectivity index (χ1v) is 7.41. The SMILES string of the molecule is CCCc1[nH]nc(C(=O)N2CC3CCC(O)C3C2)c1N. The van der Waals surface area contributed by atoms with E-state index in [-0.39, 0.29) is 17.9 Å². The Labute approximate surface area is 118 Å². The minimum absolute atomic E-state index is 0.109. The summed E-state index contributed by atoms with van der Waals surface area (Å²) in [7, 11) is 0. The molecule has 0 radical (unpaired) electrons. The smallest absolute Gasteiger partial charge is 0.276 e. The number of aromatic amines is 1. The van der Waals surface area contributed by atoms with E-state index in [1.54, 1.807) is 4.90 Å². The minimum Gasteiger partial charge on any atom is -0.395 e. The van der Waals surface area contributed by atoms with Crippen LogP contribution in [0.15, 0.2) is 0 Å². The number of nitrogen functional groups attached to an aromatic ring is 1. The van der Waals surface area contributed by atoms with Gasteiger partial charge in [0.25, 0.3) is 5.91 Å². The summed E-state index contributed by atoms with van der Waals surface area (Å²) >= 11 is 0. The number of aliphatic hydroxyl groups excluding tert-OH is 1. The van der Waals surface area contributed by atoms with Crippen LogP contribution in [0.5, 0.6) is 0 Å². The second kappa shape index (κ2) is 5.09. The molecule has 3 unspecified atom stereocenters. The van der Waals surface area contributed by atoms with Gasteiger partial charge in [-0.25, -0.2) is 0 Å². The average molecular weight is 278 g/mol. The summed E-state index contributed by atoms with van der Waals surface area (Å²) in [6.07, 6.45) is 3.37. The lowest BCUT2D eigenvalue weighted by Crippen LogP contribution is -2.31. The Morgan fingerprint density at radius 3 is 3.00 bits per heavy atom. The van der Waals surface area contributed by atoms with Crippen LogP contribution in [0.2, 0.25) is 0 Å². The van der Waals surface area contributed by atoms with Gasteiger partial charge < -0.3 is 15.7 Å². The molecule has 0 aromatic carbocycles. The van der Waals surface area contributed by atoms with Crippen molar-refractivity contribution in [3.05, 3.63) is 11.4 Å². The first-order valence-electron chi connectivity index (χ1n) is 7.41. The quantitative estimate of drug-likeness (QED) is 0.761. The van der Waals surface area contributed by atoms with E-state index >= 15 is 0 Å². The zero-order chi connectivity index (χ0) is 14.3. The molecule has 0 bridgehead atoms. The highest BCUT2D eigenvalue weighted by Gasteiger charge is 2.44. The number of likely N-dealkylation sites (tertiary alicyclic amines) is 1. The summed E-state index contributed by atoms with van der Waals surface area (Å²) in [6, 6.07) is 0. The molecule has 3 atom stereocenters. The molecule has 2 fully saturated rings. The van der Waals surface area contributed by atoms with Gasteiger partial charge in [-0.15, -0.1) is 0 Å². The molecule has 1 amide bonds. The molecule has 1 saturated heterocycles. The van der Waals surface area contributed by atoms with Crippen molar-refractivity contribution in [1.82, 2.24) is 15.1 Å². The first-order chi connectivity index (χ1) is 9.61. The van der Waals surface area contributed by atoms with E-state index in [4.69, 9.17) is 5.73 Å². The maximum Gasteiger partial charge on any atom is 0.276 e. The lowest BCUT2D eigenvalue weighted by Gasteiger charge is -2.17. The van der Waals surface area contributed by atoms with Gasteiger partial charge in [-0.1, -0.05) is 13.3 Å². The molecular formula is C14H22N4O2. The summed E-state index contributed by atoms with van der Waals surface area (Å²) < 4.78 is 0. The number of anilines is 1. The van der Waals surface area contributed by atoms with Gasteiger partial charge in [-0.2, -0.15) is 5.10 Å². The lowest BCUT2D eigenvalue weighted by molar-refractivity contribution is 0.0747. The predicted molar refractivity (Wildman–Crippen MR) is 75.1 cm³/mol. The molecular weight excluding hydrogens is 256 g/mol. The highest BCUT2D eigenvalue weighted by Crippen LogP contribution is 2.38. The third-order valence-electron chi connectivity index (χ3n) is 4.69. The van der Waals surface area contributed by atoms with Crippen LogP contribution in [0, 0.1) is 11.8 Å². The second-order valence-corrected chi connectivity index (χ2v) is 5.99. The molecule has 110 valence electrons. The van der Waals surface area contributed by atoms with Crippen molar-refractivity contribution in [3.63, 3.8) is 0 Å². The molecule has 6 nitrogen and oxygen atoms in total. The molecule has 1 aliphatic heterocycles. The van der Waals surface area contributed by atoms with Crippen molar-refractivity contribution in [3.8, 4) is 0 Å². The Hall–Kier alpha value is -1.56. The van der Waals surface area contributed by atoms with Crippen molar-refractivity contribution >= 4 is 11.6 Å². The number of carbonyl (C=O) groups is 1. The van der Waals surface area contributed by atoms with Gasteiger partial charge in [0, 0.05) is 19.0 Å². The van der Waals surface area contributed by atoms with Crippen molar-refractivity contribution in [2.45, 2.75) is 38.7 Å². The maximum absolute atomic E-state index is 12.5. The van der Waals surface area contributed by atoms with Gasteiger partial charge in [-0.3, -0.25) is 9.89 Å². The van der Waals surface area contributed by atoms with E-state index in [0.29, 0.717) is 23.8 Å². The number of hydrogen-bond donors (Lipinski definition) is 3. The number of amides is 1. The van der Waals surface area contributed by atoms with E-state index in [0.717, 1.165) is 37.9 Å². The van der Waals surface area contributed by atoms with Crippen molar-refractivity contribution in [2.75, 3.05) is 18.8 Å². The van der Waals surface area contributed by atoms with E-state index in [1.165, 1.54) is 0 Å². The van der Waals surface area contributed by atoms with Gasteiger partial charge in [0.05, 0.1) is 17.5 Å². The number of hydrogen-bond acceptors (Lipinski definition) is 4. The van der Waals surface area contributed by atoms with Gasteiger partial charge in [0.15, 0.2) is 5.69 Å². The standard InChI is InChI=1S/C14H22N4O2/c1-2-3-10-12(15)13(17-16-10)14(20)18-6-8-4-5-11(19)9(8)7-18/h8-9,11,19H,2-7,15H2,1H3,(H,16,17). The van der Waals surface area contributed by atoms with Crippen molar-refractivity contribution in [1.29, 1.82) is 0 Å². The molecule has 6 heteroatoms. The number of nitrogens with two attached hydrogens (primary N) is 1. The number of carbonyl (C=O) groups excluding carboxylic acids is 1. The fourth-order valence-corrected chi connectivity index (χ4v) is 3.54. The number of aromatic nitrogens is 2. The van der Waals surface area contributed by atoms with E-state index < -0.39 is 0 Å². The number of nitrogens with one attached hydrogen (secondary N) is 1. The molecule has 1 aromatic heterocycles. The number of H-pyrrole nitrogens is 1. The fraction of sp³-hybridized carbons (Fsp3) is 0.714. The van der Waals surface area contributed by atoms with Crippen LogP contribution in [0.25, 0.3) is 0 Å². The average Bonchev–Trinajstić information content (AvgIpc) is 3.08. The highest BCUT2D eigenvalue weighted by atomic mass is 16.3. The number of aliphatic hydroxyl groups is 1. The van der Waals surface area contributed by atoms with Crippen LogP contribution < -0.4 is 5.73 Å². The summed E-state index contributed by atoms with van der Waals surface area (Å²) in [4.78, 5) is 14.3. The van der Waals surface area contributed by atoms with Crippen LogP contribution in [-0.2, 0) is 6.42 Å². The summed E-state index contributed by atoms with van der Waals surface area (Å²) in [6.45, 7) is 3.40. The molecule has 4 N–H and O–H groups in total. The van der Waals surface area contributed by atoms with E-state index in [9.17, 15) is 9.90 Å². The molecule has 2 heterocycles. The molecule has 1 aliphatic carbocycles. The summed E-state index contributed by atoms with van der Waals surface area (Å²) in [5.41, 5.74) is 7.67. The Bertz CT molecular complexity index is 513. The second-order valence-electron chi connectivity index (χ2n) is 5.99. The van der Waals surface area contributed by atoms with Gasteiger partial charge in [0.2, 0.25) is 0 Å². The molecule has 3 rings (SSSR count). The van der Waals surface area contributed by atoms with E-state index in [1.807, 2.05) is 0 Å². The monoisotopic (exact) mass is 278 g/mol. The summed E-state index contributed by atoms with van der Waals surface area (Å²) in [5, 5.41) is 16.9. The molecule has 2 aliphatic rings. The predicted octanol–water partition coefficient (Wildman–Crippen LogP) is 0.787. The van der Waals surface area contributed by atoms with Crippen LogP contribution >= 0.6 is 0 Å². The first kappa shape index (κ1) is 13.4. The van der Waals surface area contributed by atoms with Crippen LogP contribution in [0.1, 0.15) is 42.4 Å². The zero-order valence-electron chi connectivity index (χ0n) is 11.8. The Morgan fingerprint density at radius 2 is 2.30 bits per heavy atom. The Morgan fingerprint density at radius 1 is 1.50 bits per heavy atom. The number of nitrogens with zero attached hydrogens (tertiary/aromatic N) is 2. The minimum atomic E-state index is -0.259. The highest BCUT2D eigenvalue weighted by molar-refractivity contribution is 5.97. The molecule has 1 aromatic rings. The Balaban J connectivity index is 1.74. The topological polar surface area (TPSA) is 95.2 Å². The van der Waals surface area contributed by atoms with Crippen LogP contribution in [0.3, 0.4) is 0 Å². The maximum atomic E-state index is 12.5. The van der Waals surface area contributed by atoms with Crippen LogP contribution in [-0.4, -0.2) is 45.3 Å². The van der Waals surface area contributed by atoms with Gasteiger partial charge >= 0.3 is 0 Å². The largest absolute Gasteiger partial charge is 0.395 e. The summed E-state index contributed by atoms with van der Waals surface area (Å²) in [5.74, 6) is 0.557. The Kier molecular flexibility index (Phi) is 3.41. The van der Waals surface area contributed by atoms with Crippen LogP contribution in [0.4, 0.5) is 5.69 Å². The number of rotatable bonds is 3. The van der Waals surface area contributed by atoms with Gasteiger partial charge in [0.1, 0.15) is 0 Å². The third-order valence-corrected chi connectivity index (χ3v) is 4.69. The number of aryl methyl sites for hydroxylation is 1.